The highest BCUT2D eigenvalue weighted by atomic mass is 35.5. The average Bonchev–Trinajstić information content (AvgIpc) is 2.65. The van der Waals surface area contributed by atoms with Gasteiger partial charge < -0.3 is 4.74 Å². The first kappa shape index (κ1) is 9.92. The summed E-state index contributed by atoms with van der Waals surface area (Å²) < 4.78 is 5.05. The number of hydrogen-bond donors (Lipinski definition) is 0. The van der Waals surface area contributed by atoms with Crippen molar-refractivity contribution in [1.82, 2.24) is 20.2 Å². The summed E-state index contributed by atoms with van der Waals surface area (Å²) in [7, 11) is 3.28. The molecule has 0 radical (unpaired) electrons. The van der Waals surface area contributed by atoms with Crippen LogP contribution in [0.25, 0.3) is 11.4 Å². The molecule has 2 aromatic rings. The van der Waals surface area contributed by atoms with Gasteiger partial charge in [0.2, 0.25) is 5.82 Å². The molecule has 0 saturated carbocycles. The molecule has 1 aromatic carbocycles. The number of aryl methyl sites for hydroxylation is 1. The van der Waals surface area contributed by atoms with E-state index in [1.54, 1.807) is 26.3 Å². The van der Waals surface area contributed by atoms with Crippen LogP contribution in [0.5, 0.6) is 5.75 Å². The Balaban J connectivity index is 2.42. The zero-order chi connectivity index (χ0) is 10.8. The molecule has 0 aliphatic carbocycles. The van der Waals surface area contributed by atoms with E-state index < -0.39 is 0 Å². The number of nitrogens with zero attached hydrogens (tertiary/aromatic N) is 4. The topological polar surface area (TPSA) is 52.8 Å². The van der Waals surface area contributed by atoms with E-state index in [9.17, 15) is 0 Å². The van der Waals surface area contributed by atoms with E-state index in [0.717, 1.165) is 5.56 Å². The van der Waals surface area contributed by atoms with E-state index in [2.05, 4.69) is 15.4 Å². The van der Waals surface area contributed by atoms with Gasteiger partial charge in [-0.05, 0) is 23.4 Å². The van der Waals surface area contributed by atoms with Crippen molar-refractivity contribution in [3.05, 3.63) is 23.2 Å². The second kappa shape index (κ2) is 3.86. The molecule has 15 heavy (non-hydrogen) atoms. The summed E-state index contributed by atoms with van der Waals surface area (Å²) in [6.45, 7) is 0. The molecular weight excluding hydrogens is 216 g/mol. The Bertz CT molecular complexity index is 483. The first-order valence-corrected chi connectivity index (χ1v) is 4.66. The number of tetrazole rings is 1. The van der Waals surface area contributed by atoms with Gasteiger partial charge in [0.05, 0.1) is 19.2 Å². The first-order valence-electron chi connectivity index (χ1n) is 4.28. The summed E-state index contributed by atoms with van der Waals surface area (Å²) in [6.07, 6.45) is 0. The van der Waals surface area contributed by atoms with E-state index in [1.165, 1.54) is 4.80 Å². The maximum atomic E-state index is 5.98. The fourth-order valence-corrected chi connectivity index (χ4v) is 1.46. The normalized spacial score (nSPS) is 10.3. The fourth-order valence-electron chi connectivity index (χ4n) is 1.21. The van der Waals surface area contributed by atoms with Gasteiger partial charge >= 0.3 is 0 Å². The zero-order valence-corrected chi connectivity index (χ0v) is 9.06. The second-order valence-electron chi connectivity index (χ2n) is 2.95. The maximum Gasteiger partial charge on any atom is 0.204 e. The molecular formula is C9H9ClN4O. The van der Waals surface area contributed by atoms with Crippen molar-refractivity contribution in [2.24, 2.45) is 7.05 Å². The molecule has 0 aliphatic heterocycles. The summed E-state index contributed by atoms with van der Waals surface area (Å²) in [5.41, 5.74) is 0.814. The molecule has 1 aromatic heterocycles. The van der Waals surface area contributed by atoms with Gasteiger partial charge in [0.1, 0.15) is 5.75 Å². The average molecular weight is 225 g/mol. The lowest BCUT2D eigenvalue weighted by atomic mass is 10.2. The van der Waals surface area contributed by atoms with Gasteiger partial charge in [-0.15, -0.1) is 10.2 Å². The minimum Gasteiger partial charge on any atom is -0.495 e. The van der Waals surface area contributed by atoms with Crippen molar-refractivity contribution in [3.8, 4) is 17.1 Å². The Morgan fingerprint density at radius 3 is 2.73 bits per heavy atom. The number of ether oxygens (including phenoxy) is 1. The van der Waals surface area contributed by atoms with Crippen LogP contribution in [0.1, 0.15) is 0 Å². The van der Waals surface area contributed by atoms with Crippen LogP contribution >= 0.6 is 11.6 Å². The summed E-state index contributed by atoms with van der Waals surface area (Å²) in [4.78, 5) is 1.40. The fraction of sp³-hybridized carbons (Fsp3) is 0.222. The Hall–Kier alpha value is -1.62. The summed E-state index contributed by atoms with van der Waals surface area (Å²) in [5, 5.41) is 12.2. The van der Waals surface area contributed by atoms with Crippen LogP contribution in [0.3, 0.4) is 0 Å². The van der Waals surface area contributed by atoms with Crippen molar-refractivity contribution in [3.63, 3.8) is 0 Å². The van der Waals surface area contributed by atoms with E-state index in [-0.39, 0.29) is 0 Å². The second-order valence-corrected chi connectivity index (χ2v) is 3.36. The molecule has 2 rings (SSSR count). The van der Waals surface area contributed by atoms with E-state index in [4.69, 9.17) is 16.3 Å². The predicted molar refractivity (Wildman–Crippen MR) is 55.8 cm³/mol. The largest absolute Gasteiger partial charge is 0.495 e. The molecule has 6 heteroatoms. The van der Waals surface area contributed by atoms with Gasteiger partial charge in [0.15, 0.2) is 0 Å². The monoisotopic (exact) mass is 224 g/mol. The van der Waals surface area contributed by atoms with Gasteiger partial charge in [-0.2, -0.15) is 4.80 Å². The summed E-state index contributed by atoms with van der Waals surface area (Å²) >= 11 is 5.98. The minimum atomic E-state index is 0.530. The molecule has 0 atom stereocenters. The lowest BCUT2D eigenvalue weighted by molar-refractivity contribution is 0.415. The summed E-state index contributed by atoms with van der Waals surface area (Å²) in [5.74, 6) is 1.17. The standard InChI is InChI=1S/C9H9ClN4O/c1-14-12-9(11-13-14)6-3-4-8(15-2)7(10)5-6/h3-5H,1-2H3. The maximum absolute atomic E-state index is 5.98. The van der Waals surface area contributed by atoms with Crippen molar-refractivity contribution < 1.29 is 4.74 Å². The lowest BCUT2D eigenvalue weighted by Crippen LogP contribution is -1.92. The lowest BCUT2D eigenvalue weighted by Gasteiger charge is -2.02. The number of methoxy groups -OCH3 is 1. The molecule has 78 valence electrons. The SMILES string of the molecule is COc1ccc(-c2nnn(C)n2)cc1Cl. The smallest absolute Gasteiger partial charge is 0.204 e. The molecule has 0 N–H and O–H groups in total. The van der Waals surface area contributed by atoms with Gasteiger partial charge in [0.25, 0.3) is 0 Å². The van der Waals surface area contributed by atoms with Crippen molar-refractivity contribution >= 4 is 11.6 Å². The highest BCUT2D eigenvalue weighted by Gasteiger charge is 2.07. The molecule has 0 unspecified atom stereocenters. The minimum absolute atomic E-state index is 0.530. The first-order chi connectivity index (χ1) is 7.20. The number of hydrogen-bond acceptors (Lipinski definition) is 4. The van der Waals surface area contributed by atoms with Crippen LogP contribution < -0.4 is 4.74 Å². The van der Waals surface area contributed by atoms with Crippen LogP contribution in [0.15, 0.2) is 18.2 Å². The van der Waals surface area contributed by atoms with Crippen molar-refractivity contribution in [1.29, 1.82) is 0 Å². The Morgan fingerprint density at radius 1 is 1.40 bits per heavy atom. The third-order valence-corrected chi connectivity index (χ3v) is 2.21. The highest BCUT2D eigenvalue weighted by molar-refractivity contribution is 6.32. The molecule has 0 saturated heterocycles. The van der Waals surface area contributed by atoms with Crippen LogP contribution in [0.2, 0.25) is 5.02 Å². The molecule has 0 fully saturated rings. The van der Waals surface area contributed by atoms with Gasteiger partial charge in [-0.1, -0.05) is 11.6 Å². The molecule has 0 bridgehead atoms. The van der Waals surface area contributed by atoms with Gasteiger partial charge in [-0.25, -0.2) is 0 Å². The molecule has 0 amide bonds. The Morgan fingerprint density at radius 2 is 2.20 bits per heavy atom. The number of benzene rings is 1. The quantitative estimate of drug-likeness (QED) is 0.777. The molecule has 5 nitrogen and oxygen atoms in total. The number of aromatic nitrogens is 4. The Kier molecular flexibility index (Phi) is 2.55. The predicted octanol–water partition coefficient (Wildman–Crippen LogP) is 1.54. The van der Waals surface area contributed by atoms with E-state index >= 15 is 0 Å². The number of rotatable bonds is 2. The molecule has 0 aliphatic rings. The van der Waals surface area contributed by atoms with Gasteiger partial charge in [0, 0.05) is 5.56 Å². The van der Waals surface area contributed by atoms with Crippen LogP contribution in [0.4, 0.5) is 0 Å². The Labute approximate surface area is 91.6 Å². The zero-order valence-electron chi connectivity index (χ0n) is 8.31. The summed E-state index contributed by atoms with van der Waals surface area (Å²) in [6, 6.07) is 5.35. The molecule has 0 spiro atoms. The third kappa shape index (κ3) is 1.92. The van der Waals surface area contributed by atoms with Gasteiger partial charge in [-0.3, -0.25) is 0 Å². The number of halogens is 1. The van der Waals surface area contributed by atoms with E-state index in [1.807, 2.05) is 6.07 Å². The van der Waals surface area contributed by atoms with Crippen molar-refractivity contribution in [2.45, 2.75) is 0 Å². The van der Waals surface area contributed by atoms with Crippen molar-refractivity contribution in [2.75, 3.05) is 7.11 Å². The van der Waals surface area contributed by atoms with Crippen LogP contribution in [-0.4, -0.2) is 27.3 Å². The molecule has 1 heterocycles. The van der Waals surface area contributed by atoms with Crippen LogP contribution in [-0.2, 0) is 7.05 Å². The third-order valence-electron chi connectivity index (χ3n) is 1.92. The van der Waals surface area contributed by atoms with E-state index in [0.29, 0.717) is 16.6 Å². The highest BCUT2D eigenvalue weighted by Crippen LogP contribution is 2.28. The van der Waals surface area contributed by atoms with Crippen LogP contribution in [0, 0.1) is 0 Å².